The van der Waals surface area contributed by atoms with Crippen LogP contribution in [0.4, 0.5) is 5.69 Å². The van der Waals surface area contributed by atoms with Gasteiger partial charge >= 0.3 is 0 Å². The van der Waals surface area contributed by atoms with E-state index in [2.05, 4.69) is 15.3 Å². The Labute approximate surface area is 190 Å². The van der Waals surface area contributed by atoms with Crippen LogP contribution in [0.2, 0.25) is 0 Å². The third-order valence-corrected chi connectivity index (χ3v) is 8.97. The number of anilines is 1. The maximum atomic E-state index is 12.9. The van der Waals surface area contributed by atoms with Crippen LogP contribution in [0.25, 0.3) is 10.2 Å². The number of piperidine rings is 1. The molecule has 2 aliphatic rings. The number of aryl methyl sites for hydroxylation is 2. The number of ether oxygens (including phenoxy) is 1. The van der Waals surface area contributed by atoms with Crippen LogP contribution in [0.3, 0.4) is 0 Å². The number of sulfonamides is 1. The largest absolute Gasteiger partial charge is 0.467 e. The Bertz CT molecular complexity index is 1270. The standard InChI is InChI=1S/C22H24N4O4S2/c27-19(13-30-21-20-17-8-5-9-18(17)31-22(20)24-14-23-21)25-15-6-4-7-16(12-15)32(28,29)26-10-2-1-3-11-26/h4,6-7,12,14H,1-3,5,8-11,13H2,(H,25,27). The highest BCUT2D eigenvalue weighted by atomic mass is 32.2. The van der Waals surface area contributed by atoms with Crippen molar-refractivity contribution in [2.24, 2.45) is 0 Å². The van der Waals surface area contributed by atoms with E-state index < -0.39 is 10.0 Å². The molecule has 0 radical (unpaired) electrons. The van der Waals surface area contributed by atoms with Crippen LogP contribution in [-0.4, -0.2) is 48.3 Å². The molecule has 3 heterocycles. The molecule has 2 aromatic heterocycles. The zero-order chi connectivity index (χ0) is 22.1. The van der Waals surface area contributed by atoms with Crippen LogP contribution in [-0.2, 0) is 27.7 Å². The molecule has 0 bridgehead atoms. The van der Waals surface area contributed by atoms with Crippen molar-refractivity contribution in [1.82, 2.24) is 14.3 Å². The van der Waals surface area contributed by atoms with E-state index in [4.69, 9.17) is 4.74 Å². The van der Waals surface area contributed by atoms with Gasteiger partial charge in [-0.3, -0.25) is 4.79 Å². The highest BCUT2D eigenvalue weighted by Crippen LogP contribution is 2.39. The molecular weight excluding hydrogens is 448 g/mol. The van der Waals surface area contributed by atoms with E-state index in [-0.39, 0.29) is 17.4 Å². The van der Waals surface area contributed by atoms with Crippen molar-refractivity contribution in [2.45, 2.75) is 43.4 Å². The van der Waals surface area contributed by atoms with E-state index in [9.17, 15) is 13.2 Å². The Morgan fingerprint density at radius 1 is 1.12 bits per heavy atom. The number of hydrogen-bond donors (Lipinski definition) is 1. The number of nitrogens with one attached hydrogen (secondary N) is 1. The lowest BCUT2D eigenvalue weighted by Gasteiger charge is -2.26. The van der Waals surface area contributed by atoms with Crippen molar-refractivity contribution in [3.05, 3.63) is 41.0 Å². The van der Waals surface area contributed by atoms with Gasteiger partial charge in [-0.25, -0.2) is 18.4 Å². The molecule has 3 aromatic rings. The highest BCUT2D eigenvalue weighted by Gasteiger charge is 2.26. The summed E-state index contributed by atoms with van der Waals surface area (Å²) in [6, 6.07) is 6.36. The first-order valence-electron chi connectivity index (χ1n) is 10.8. The first kappa shape index (κ1) is 21.3. The van der Waals surface area contributed by atoms with Gasteiger partial charge in [-0.15, -0.1) is 11.3 Å². The average molecular weight is 473 g/mol. The Morgan fingerprint density at radius 3 is 2.81 bits per heavy atom. The molecule has 1 aromatic carbocycles. The number of fused-ring (bicyclic) bond motifs is 3. The number of hydrogen-bond acceptors (Lipinski definition) is 7. The van der Waals surface area contributed by atoms with Gasteiger partial charge in [0.1, 0.15) is 11.2 Å². The van der Waals surface area contributed by atoms with E-state index in [1.54, 1.807) is 29.5 Å². The van der Waals surface area contributed by atoms with Crippen LogP contribution < -0.4 is 10.1 Å². The third-order valence-electron chi connectivity index (χ3n) is 5.88. The van der Waals surface area contributed by atoms with E-state index in [1.165, 1.54) is 27.1 Å². The molecule has 0 atom stereocenters. The van der Waals surface area contributed by atoms with Gasteiger partial charge < -0.3 is 10.1 Å². The van der Waals surface area contributed by atoms with Crippen molar-refractivity contribution in [1.29, 1.82) is 0 Å². The Hall–Kier alpha value is -2.56. The van der Waals surface area contributed by atoms with Crippen molar-refractivity contribution >= 4 is 43.2 Å². The number of carbonyl (C=O) groups excluding carboxylic acids is 1. The third kappa shape index (κ3) is 4.10. The lowest BCUT2D eigenvalue weighted by Crippen LogP contribution is -2.35. The van der Waals surface area contributed by atoms with Gasteiger partial charge in [-0.05, 0) is 55.9 Å². The Kier molecular flexibility index (Phi) is 5.83. The number of thiophene rings is 1. The molecule has 1 saturated heterocycles. The predicted octanol–water partition coefficient (Wildman–Crippen LogP) is 3.37. The summed E-state index contributed by atoms with van der Waals surface area (Å²) in [4.78, 5) is 23.5. The zero-order valence-corrected chi connectivity index (χ0v) is 19.2. The molecule has 1 amide bonds. The minimum absolute atomic E-state index is 0.185. The van der Waals surface area contributed by atoms with Crippen LogP contribution >= 0.6 is 11.3 Å². The van der Waals surface area contributed by atoms with Crippen molar-refractivity contribution in [3.63, 3.8) is 0 Å². The summed E-state index contributed by atoms with van der Waals surface area (Å²) in [6.07, 6.45) is 7.39. The number of nitrogens with zero attached hydrogens (tertiary/aromatic N) is 3. The van der Waals surface area contributed by atoms with Crippen LogP contribution in [0.5, 0.6) is 5.88 Å². The van der Waals surface area contributed by atoms with Crippen LogP contribution in [0.15, 0.2) is 35.5 Å². The van der Waals surface area contributed by atoms with Crippen molar-refractivity contribution in [3.8, 4) is 5.88 Å². The summed E-state index contributed by atoms with van der Waals surface area (Å²) < 4.78 is 33.1. The molecule has 0 spiro atoms. The van der Waals surface area contributed by atoms with Gasteiger partial charge in [0.05, 0.1) is 10.3 Å². The molecule has 168 valence electrons. The summed E-state index contributed by atoms with van der Waals surface area (Å²) in [5.74, 6) is 0.0436. The van der Waals surface area contributed by atoms with Gasteiger partial charge in [0, 0.05) is 23.7 Å². The number of benzene rings is 1. The first-order chi connectivity index (χ1) is 15.5. The average Bonchev–Trinajstić information content (AvgIpc) is 3.40. The molecule has 5 rings (SSSR count). The topological polar surface area (TPSA) is 101 Å². The minimum atomic E-state index is -3.56. The maximum absolute atomic E-state index is 12.9. The van der Waals surface area contributed by atoms with E-state index >= 15 is 0 Å². The molecule has 0 saturated carbocycles. The molecule has 8 nitrogen and oxygen atoms in total. The Balaban J connectivity index is 1.27. The molecule has 1 aliphatic carbocycles. The molecule has 10 heteroatoms. The quantitative estimate of drug-likeness (QED) is 0.590. The molecular formula is C22H24N4O4S2. The minimum Gasteiger partial charge on any atom is -0.467 e. The fourth-order valence-electron chi connectivity index (χ4n) is 4.33. The number of amides is 1. The second kappa shape index (κ2) is 8.76. The fourth-order valence-corrected chi connectivity index (χ4v) is 7.11. The molecule has 32 heavy (non-hydrogen) atoms. The lowest BCUT2D eigenvalue weighted by atomic mass is 10.2. The Morgan fingerprint density at radius 2 is 1.97 bits per heavy atom. The number of carbonyl (C=O) groups is 1. The van der Waals surface area contributed by atoms with Crippen LogP contribution in [0.1, 0.15) is 36.1 Å². The van der Waals surface area contributed by atoms with Gasteiger partial charge in [-0.2, -0.15) is 4.31 Å². The summed E-state index contributed by atoms with van der Waals surface area (Å²) in [6.45, 7) is 0.846. The highest BCUT2D eigenvalue weighted by molar-refractivity contribution is 7.89. The SMILES string of the molecule is O=C(COc1ncnc2sc3c(c12)CCC3)Nc1cccc(S(=O)(=O)N2CCCCC2)c1. The predicted molar refractivity (Wildman–Crippen MR) is 123 cm³/mol. The second-order valence-corrected chi connectivity index (χ2v) is 11.1. The van der Waals surface area contributed by atoms with Gasteiger partial charge in [-0.1, -0.05) is 12.5 Å². The van der Waals surface area contributed by atoms with Crippen molar-refractivity contribution in [2.75, 3.05) is 25.0 Å². The smallest absolute Gasteiger partial charge is 0.262 e. The van der Waals surface area contributed by atoms with E-state index in [0.29, 0.717) is 24.7 Å². The monoisotopic (exact) mass is 472 g/mol. The lowest BCUT2D eigenvalue weighted by molar-refractivity contribution is -0.118. The summed E-state index contributed by atoms with van der Waals surface area (Å²) in [7, 11) is -3.56. The van der Waals surface area contributed by atoms with Gasteiger partial charge in [0.2, 0.25) is 15.9 Å². The zero-order valence-electron chi connectivity index (χ0n) is 17.5. The van der Waals surface area contributed by atoms with E-state index in [0.717, 1.165) is 48.7 Å². The van der Waals surface area contributed by atoms with Crippen LogP contribution in [0, 0.1) is 0 Å². The fraction of sp³-hybridized carbons (Fsp3) is 0.409. The maximum Gasteiger partial charge on any atom is 0.262 e. The second-order valence-electron chi connectivity index (χ2n) is 8.05. The van der Waals surface area contributed by atoms with Crippen molar-refractivity contribution < 1.29 is 17.9 Å². The summed E-state index contributed by atoms with van der Waals surface area (Å²) in [5.41, 5.74) is 1.65. The normalized spacial score (nSPS) is 16.8. The molecule has 0 unspecified atom stereocenters. The molecule has 1 aliphatic heterocycles. The number of aromatic nitrogens is 2. The van der Waals surface area contributed by atoms with Gasteiger partial charge in [0.25, 0.3) is 5.91 Å². The van der Waals surface area contributed by atoms with E-state index in [1.807, 2.05) is 0 Å². The molecule has 1 fully saturated rings. The molecule has 1 N–H and O–H groups in total. The van der Waals surface area contributed by atoms with Gasteiger partial charge in [0.15, 0.2) is 6.61 Å². The number of rotatable bonds is 6. The summed E-state index contributed by atoms with van der Waals surface area (Å²) in [5, 5.41) is 3.64. The summed E-state index contributed by atoms with van der Waals surface area (Å²) >= 11 is 1.66. The first-order valence-corrected chi connectivity index (χ1v) is 13.1.